The van der Waals surface area contributed by atoms with Crippen LogP contribution in [-0.4, -0.2) is 30.7 Å². The highest BCUT2D eigenvalue weighted by atomic mass is 35.5. The number of nitrogens with one attached hydrogen (secondary N) is 1. The van der Waals surface area contributed by atoms with Gasteiger partial charge in [-0.25, -0.2) is 5.32 Å². The number of para-hydroxylation sites is 1. The van der Waals surface area contributed by atoms with E-state index in [1.807, 2.05) is 24.4 Å². The third kappa shape index (κ3) is 2.93. The summed E-state index contributed by atoms with van der Waals surface area (Å²) < 4.78 is 0. The molecule has 4 rings (SSSR count). The summed E-state index contributed by atoms with van der Waals surface area (Å²) in [7, 11) is 0. The Morgan fingerprint density at radius 3 is 2.64 bits per heavy atom. The fourth-order valence-electron chi connectivity index (χ4n) is 3.84. The van der Waals surface area contributed by atoms with Gasteiger partial charge in [0, 0.05) is 41.7 Å². The Balaban J connectivity index is 1.94. The Bertz CT molecular complexity index is 866. The van der Waals surface area contributed by atoms with E-state index in [9.17, 15) is 0 Å². The number of fused-ring (bicyclic) bond motifs is 1. The van der Waals surface area contributed by atoms with Gasteiger partial charge in [-0.2, -0.15) is 0 Å². The van der Waals surface area contributed by atoms with E-state index >= 15 is 0 Å². The minimum Gasteiger partial charge on any atom is -0.314 e. The van der Waals surface area contributed by atoms with Crippen molar-refractivity contribution in [1.29, 1.82) is 0 Å². The zero-order chi connectivity index (χ0) is 17.3. The molecule has 3 aromatic rings. The first-order chi connectivity index (χ1) is 12.2. The minimum atomic E-state index is -0.272. The number of rotatable bonds is 3. The van der Waals surface area contributed by atoms with E-state index in [1.165, 1.54) is 11.1 Å². The lowest BCUT2D eigenvalue weighted by Gasteiger charge is -2.41. The summed E-state index contributed by atoms with van der Waals surface area (Å²) >= 11 is 6.14. The van der Waals surface area contributed by atoms with E-state index in [4.69, 9.17) is 21.9 Å². The standard InChI is InChI=1S/C21H21ClN3/c1-21(19-14-23-12-13-24-19,16-7-9-17(22)10-8-16)18-6-2-4-15-5-3-11-25-20(15)18/h2-11,19,23H,12-14H2,1H3. The predicted octanol–water partition coefficient (Wildman–Crippen LogP) is 3.77. The second-order valence-corrected chi connectivity index (χ2v) is 7.15. The molecule has 1 radical (unpaired) electrons. The molecule has 2 atom stereocenters. The van der Waals surface area contributed by atoms with Gasteiger partial charge in [0.05, 0.1) is 11.6 Å². The van der Waals surface area contributed by atoms with Crippen molar-refractivity contribution >= 4 is 22.5 Å². The van der Waals surface area contributed by atoms with Crippen LogP contribution in [0, 0.1) is 0 Å². The second kappa shape index (κ2) is 6.75. The maximum atomic E-state index is 6.14. The molecule has 1 aliphatic rings. The molecule has 3 nitrogen and oxygen atoms in total. The number of nitrogens with zero attached hydrogens (tertiary/aromatic N) is 2. The van der Waals surface area contributed by atoms with E-state index in [2.05, 4.69) is 48.6 Å². The minimum absolute atomic E-state index is 0.148. The normalized spacial score (nSPS) is 20.3. The van der Waals surface area contributed by atoms with Gasteiger partial charge in [-0.05, 0) is 36.2 Å². The molecule has 4 heteroatoms. The van der Waals surface area contributed by atoms with Crippen molar-refractivity contribution in [2.75, 3.05) is 19.6 Å². The van der Waals surface area contributed by atoms with E-state index in [-0.39, 0.29) is 11.5 Å². The molecule has 1 aromatic heterocycles. The van der Waals surface area contributed by atoms with Crippen molar-refractivity contribution in [1.82, 2.24) is 15.6 Å². The smallest absolute Gasteiger partial charge is 0.0743 e. The molecule has 25 heavy (non-hydrogen) atoms. The lowest BCUT2D eigenvalue weighted by Crippen LogP contribution is -2.54. The molecule has 0 bridgehead atoms. The Hall–Kier alpha value is -1.94. The fourth-order valence-corrected chi connectivity index (χ4v) is 3.96. The van der Waals surface area contributed by atoms with Crippen molar-refractivity contribution in [2.24, 2.45) is 0 Å². The molecule has 1 N–H and O–H groups in total. The van der Waals surface area contributed by atoms with Crippen molar-refractivity contribution in [3.8, 4) is 0 Å². The largest absolute Gasteiger partial charge is 0.314 e. The van der Waals surface area contributed by atoms with E-state index in [1.54, 1.807) is 0 Å². The SMILES string of the molecule is CC(c1ccc(Cl)cc1)(c1cccc2cccnc12)C1CNCC[N]1. The molecule has 1 aliphatic heterocycles. The summed E-state index contributed by atoms with van der Waals surface area (Å²) in [6, 6.07) is 18.8. The molecular formula is C21H21ClN3. The van der Waals surface area contributed by atoms with Crippen molar-refractivity contribution in [3.63, 3.8) is 0 Å². The first-order valence-corrected chi connectivity index (χ1v) is 9.05. The van der Waals surface area contributed by atoms with Gasteiger partial charge in [0.15, 0.2) is 0 Å². The van der Waals surface area contributed by atoms with Gasteiger partial charge in [0.1, 0.15) is 0 Å². The van der Waals surface area contributed by atoms with Crippen molar-refractivity contribution < 1.29 is 0 Å². The summed E-state index contributed by atoms with van der Waals surface area (Å²) in [5, 5.41) is 10.4. The Morgan fingerprint density at radius 2 is 1.88 bits per heavy atom. The first kappa shape index (κ1) is 16.5. The summed E-state index contributed by atoms with van der Waals surface area (Å²) in [5.74, 6) is 0. The van der Waals surface area contributed by atoms with Gasteiger partial charge in [-0.3, -0.25) is 4.98 Å². The highest BCUT2D eigenvalue weighted by Gasteiger charge is 2.40. The van der Waals surface area contributed by atoms with Gasteiger partial charge in [-0.1, -0.05) is 48.0 Å². The predicted molar refractivity (Wildman–Crippen MR) is 103 cm³/mol. The lowest BCUT2D eigenvalue weighted by molar-refractivity contribution is 0.311. The van der Waals surface area contributed by atoms with Crippen LogP contribution in [0.15, 0.2) is 60.8 Å². The number of halogens is 1. The van der Waals surface area contributed by atoms with Crippen LogP contribution in [0.25, 0.3) is 10.9 Å². The fraction of sp³-hybridized carbons (Fsp3) is 0.286. The van der Waals surface area contributed by atoms with Crippen molar-refractivity contribution in [2.45, 2.75) is 18.4 Å². The quantitative estimate of drug-likeness (QED) is 0.781. The van der Waals surface area contributed by atoms with Gasteiger partial charge in [0.25, 0.3) is 0 Å². The number of hydrogen-bond donors (Lipinski definition) is 1. The monoisotopic (exact) mass is 350 g/mol. The molecule has 2 aromatic carbocycles. The third-order valence-electron chi connectivity index (χ3n) is 5.28. The van der Waals surface area contributed by atoms with Crippen LogP contribution in [0.3, 0.4) is 0 Å². The molecule has 1 fully saturated rings. The van der Waals surface area contributed by atoms with E-state index in [0.29, 0.717) is 0 Å². The van der Waals surface area contributed by atoms with Gasteiger partial charge < -0.3 is 5.32 Å². The molecule has 2 unspecified atom stereocenters. The van der Waals surface area contributed by atoms with Gasteiger partial charge >= 0.3 is 0 Å². The Labute approximate surface area is 153 Å². The van der Waals surface area contributed by atoms with Gasteiger partial charge in [-0.15, -0.1) is 0 Å². The summed E-state index contributed by atoms with van der Waals surface area (Å²) in [6.07, 6.45) is 1.87. The van der Waals surface area contributed by atoms with Crippen LogP contribution in [0.4, 0.5) is 0 Å². The summed E-state index contributed by atoms with van der Waals surface area (Å²) in [4.78, 5) is 4.70. The average molecular weight is 351 g/mol. The van der Waals surface area contributed by atoms with Crippen molar-refractivity contribution in [3.05, 3.63) is 76.9 Å². The number of hydrogen-bond acceptors (Lipinski definition) is 2. The molecule has 0 saturated carbocycles. The number of pyridine rings is 1. The zero-order valence-electron chi connectivity index (χ0n) is 14.2. The second-order valence-electron chi connectivity index (χ2n) is 6.72. The van der Waals surface area contributed by atoms with Crippen LogP contribution in [-0.2, 0) is 5.41 Å². The molecule has 2 heterocycles. The van der Waals surface area contributed by atoms with Crippen LogP contribution in [0.5, 0.6) is 0 Å². The summed E-state index contributed by atoms with van der Waals surface area (Å²) in [6.45, 7) is 4.93. The molecular weight excluding hydrogens is 330 g/mol. The first-order valence-electron chi connectivity index (χ1n) is 8.67. The highest BCUT2D eigenvalue weighted by Crippen LogP contribution is 2.39. The number of benzene rings is 2. The third-order valence-corrected chi connectivity index (χ3v) is 5.53. The topological polar surface area (TPSA) is 39.0 Å². The molecule has 127 valence electrons. The zero-order valence-corrected chi connectivity index (χ0v) is 15.0. The van der Waals surface area contributed by atoms with Crippen LogP contribution in [0.1, 0.15) is 18.1 Å². The summed E-state index contributed by atoms with van der Waals surface area (Å²) in [5.41, 5.74) is 3.20. The number of piperazine rings is 1. The van der Waals surface area contributed by atoms with Crippen LogP contribution in [0.2, 0.25) is 5.02 Å². The van der Waals surface area contributed by atoms with E-state index < -0.39 is 0 Å². The van der Waals surface area contributed by atoms with E-state index in [0.717, 1.165) is 35.6 Å². The molecule has 0 spiro atoms. The lowest BCUT2D eigenvalue weighted by atomic mass is 9.69. The Kier molecular flexibility index (Phi) is 4.46. The molecule has 1 saturated heterocycles. The maximum Gasteiger partial charge on any atom is 0.0743 e. The molecule has 0 aliphatic carbocycles. The number of aromatic nitrogens is 1. The molecule has 0 amide bonds. The highest BCUT2D eigenvalue weighted by molar-refractivity contribution is 6.30. The maximum absolute atomic E-state index is 6.14. The van der Waals surface area contributed by atoms with Gasteiger partial charge in [0.2, 0.25) is 0 Å². The Morgan fingerprint density at radius 1 is 1.08 bits per heavy atom. The van der Waals surface area contributed by atoms with Crippen LogP contribution >= 0.6 is 11.6 Å². The van der Waals surface area contributed by atoms with Crippen LogP contribution < -0.4 is 10.6 Å². The average Bonchev–Trinajstić information content (AvgIpc) is 2.68.